The maximum atomic E-state index is 11.3. The molecule has 0 aliphatic carbocycles. The Morgan fingerprint density at radius 1 is 1.13 bits per heavy atom. The first-order valence-electron chi connectivity index (χ1n) is 5.46. The van der Waals surface area contributed by atoms with E-state index in [1.165, 1.54) is 6.42 Å². The van der Waals surface area contributed by atoms with E-state index in [1.807, 2.05) is 5.01 Å². The van der Waals surface area contributed by atoms with Gasteiger partial charge < -0.3 is 5.11 Å². The zero-order chi connectivity index (χ0) is 10.9. The maximum Gasteiger partial charge on any atom is 0.154 e. The third kappa shape index (κ3) is 2.90. The van der Waals surface area contributed by atoms with Gasteiger partial charge in [-0.15, -0.1) is 0 Å². The number of hydrogen-bond donors (Lipinski definition) is 2. The first-order chi connectivity index (χ1) is 7.07. The first kappa shape index (κ1) is 11.3. The first-order valence-corrected chi connectivity index (χ1v) is 7.28. The third-order valence-corrected chi connectivity index (χ3v) is 4.74. The van der Waals surface area contributed by atoms with Gasteiger partial charge in [0.05, 0.1) is 23.7 Å². The number of aliphatic hydroxyl groups excluding tert-OH is 1. The molecule has 2 fully saturated rings. The van der Waals surface area contributed by atoms with Gasteiger partial charge in [-0.05, 0) is 12.8 Å². The van der Waals surface area contributed by atoms with E-state index < -0.39 is 15.9 Å². The average molecular weight is 234 g/mol. The molecule has 5 nitrogen and oxygen atoms in total. The summed E-state index contributed by atoms with van der Waals surface area (Å²) in [4.78, 5) is 0. The van der Waals surface area contributed by atoms with E-state index in [0.29, 0.717) is 0 Å². The molecule has 0 spiro atoms. The minimum absolute atomic E-state index is 0.0602. The minimum Gasteiger partial charge on any atom is -0.390 e. The lowest BCUT2D eigenvalue weighted by Gasteiger charge is -2.30. The van der Waals surface area contributed by atoms with Crippen LogP contribution in [-0.4, -0.2) is 55.3 Å². The monoisotopic (exact) mass is 234 g/mol. The second kappa shape index (κ2) is 4.37. The zero-order valence-electron chi connectivity index (χ0n) is 8.72. The summed E-state index contributed by atoms with van der Waals surface area (Å²) in [6.45, 7) is 1.90. The van der Waals surface area contributed by atoms with Crippen molar-refractivity contribution in [2.24, 2.45) is 0 Å². The van der Waals surface area contributed by atoms with Gasteiger partial charge in [-0.2, -0.15) is 0 Å². The van der Waals surface area contributed by atoms with E-state index in [0.717, 1.165) is 25.9 Å². The SMILES string of the molecule is O=S1(=O)CC(O)C(NN2CCCCC2)C1. The molecule has 6 heteroatoms. The summed E-state index contributed by atoms with van der Waals surface area (Å²) >= 11 is 0. The molecule has 0 aromatic carbocycles. The molecule has 2 rings (SSSR count). The molecule has 2 aliphatic heterocycles. The van der Waals surface area contributed by atoms with Gasteiger partial charge in [0.25, 0.3) is 0 Å². The highest BCUT2D eigenvalue weighted by Gasteiger charge is 2.37. The summed E-state index contributed by atoms with van der Waals surface area (Å²) in [6, 6.07) is -0.312. The Bertz CT molecular complexity index is 311. The molecule has 0 saturated carbocycles. The van der Waals surface area contributed by atoms with E-state index in [9.17, 15) is 13.5 Å². The Kier molecular flexibility index (Phi) is 3.30. The molecule has 0 aromatic rings. The van der Waals surface area contributed by atoms with Crippen molar-refractivity contribution in [2.75, 3.05) is 24.6 Å². The van der Waals surface area contributed by atoms with Crippen molar-refractivity contribution in [1.82, 2.24) is 10.4 Å². The largest absolute Gasteiger partial charge is 0.390 e. The van der Waals surface area contributed by atoms with Gasteiger partial charge in [0, 0.05) is 13.1 Å². The Morgan fingerprint density at radius 3 is 2.33 bits per heavy atom. The molecule has 0 bridgehead atoms. The van der Waals surface area contributed by atoms with Crippen LogP contribution in [0, 0.1) is 0 Å². The van der Waals surface area contributed by atoms with Gasteiger partial charge in [0.1, 0.15) is 0 Å². The van der Waals surface area contributed by atoms with Crippen molar-refractivity contribution in [1.29, 1.82) is 0 Å². The molecule has 2 N–H and O–H groups in total. The number of nitrogens with one attached hydrogen (secondary N) is 1. The topological polar surface area (TPSA) is 69.6 Å². The number of rotatable bonds is 2. The van der Waals surface area contributed by atoms with Gasteiger partial charge >= 0.3 is 0 Å². The molecule has 2 atom stereocenters. The number of piperidine rings is 1. The summed E-state index contributed by atoms with van der Waals surface area (Å²) in [5, 5.41) is 11.6. The Morgan fingerprint density at radius 2 is 1.80 bits per heavy atom. The highest BCUT2D eigenvalue weighted by atomic mass is 32.2. The fourth-order valence-corrected chi connectivity index (χ4v) is 3.94. The predicted molar refractivity (Wildman–Crippen MR) is 57.0 cm³/mol. The van der Waals surface area contributed by atoms with Crippen molar-refractivity contribution in [3.05, 3.63) is 0 Å². The predicted octanol–water partition coefficient (Wildman–Crippen LogP) is -0.865. The van der Waals surface area contributed by atoms with E-state index in [4.69, 9.17) is 0 Å². The highest BCUT2D eigenvalue weighted by molar-refractivity contribution is 7.91. The molecule has 2 unspecified atom stereocenters. The highest BCUT2D eigenvalue weighted by Crippen LogP contribution is 2.14. The molecule has 2 heterocycles. The van der Waals surface area contributed by atoms with Crippen molar-refractivity contribution in [3.8, 4) is 0 Å². The minimum atomic E-state index is -3.03. The average Bonchev–Trinajstić information content (AvgIpc) is 2.41. The van der Waals surface area contributed by atoms with Crippen molar-refractivity contribution in [2.45, 2.75) is 31.4 Å². The van der Waals surface area contributed by atoms with Crippen LogP contribution in [0.1, 0.15) is 19.3 Å². The van der Waals surface area contributed by atoms with Gasteiger partial charge in [-0.25, -0.2) is 18.9 Å². The van der Waals surface area contributed by atoms with E-state index in [1.54, 1.807) is 0 Å². The van der Waals surface area contributed by atoms with Gasteiger partial charge in [0.2, 0.25) is 0 Å². The summed E-state index contributed by atoms with van der Waals surface area (Å²) in [7, 11) is -3.03. The lowest BCUT2D eigenvalue weighted by atomic mass is 10.1. The van der Waals surface area contributed by atoms with Crippen LogP contribution in [0.3, 0.4) is 0 Å². The molecule has 0 aromatic heterocycles. The summed E-state index contributed by atoms with van der Waals surface area (Å²) < 4.78 is 22.5. The van der Waals surface area contributed by atoms with Gasteiger partial charge in [0.15, 0.2) is 9.84 Å². The van der Waals surface area contributed by atoms with Gasteiger partial charge in [-0.1, -0.05) is 6.42 Å². The number of hydrogen-bond acceptors (Lipinski definition) is 5. The zero-order valence-corrected chi connectivity index (χ0v) is 9.54. The van der Waals surface area contributed by atoms with Crippen LogP contribution in [0.25, 0.3) is 0 Å². The fourth-order valence-electron chi connectivity index (χ4n) is 2.21. The maximum absolute atomic E-state index is 11.3. The number of hydrazine groups is 1. The number of nitrogens with zero attached hydrogens (tertiary/aromatic N) is 1. The van der Waals surface area contributed by atoms with Crippen LogP contribution in [0.5, 0.6) is 0 Å². The van der Waals surface area contributed by atoms with Crippen molar-refractivity contribution in [3.63, 3.8) is 0 Å². The third-order valence-electron chi connectivity index (χ3n) is 3.03. The van der Waals surface area contributed by atoms with Gasteiger partial charge in [-0.3, -0.25) is 0 Å². The van der Waals surface area contributed by atoms with Crippen molar-refractivity contribution >= 4 is 9.84 Å². The molecule has 0 amide bonds. The Labute approximate surface area is 90.3 Å². The Balaban J connectivity index is 1.89. The van der Waals surface area contributed by atoms with Crippen LogP contribution in [0.15, 0.2) is 0 Å². The second-order valence-electron chi connectivity index (χ2n) is 4.43. The standard InChI is InChI=1S/C9H18N2O3S/c12-9-7-15(13,14)6-8(9)10-11-4-2-1-3-5-11/h8-10,12H,1-7H2. The molecular formula is C9H18N2O3S. The lowest BCUT2D eigenvalue weighted by Crippen LogP contribution is -2.51. The molecule has 0 radical (unpaired) electrons. The molecular weight excluding hydrogens is 216 g/mol. The molecule has 2 saturated heterocycles. The second-order valence-corrected chi connectivity index (χ2v) is 6.58. The Hall–Kier alpha value is -0.170. The quantitative estimate of drug-likeness (QED) is 0.650. The number of aliphatic hydroxyl groups is 1. The van der Waals surface area contributed by atoms with Crippen molar-refractivity contribution < 1.29 is 13.5 Å². The van der Waals surface area contributed by atoms with E-state index >= 15 is 0 Å². The summed E-state index contributed by atoms with van der Waals surface area (Å²) in [5.41, 5.74) is 3.13. The van der Waals surface area contributed by atoms with Crippen LogP contribution in [-0.2, 0) is 9.84 Å². The molecule has 2 aliphatic rings. The lowest BCUT2D eigenvalue weighted by molar-refractivity contribution is 0.0787. The fraction of sp³-hybridized carbons (Fsp3) is 1.00. The molecule has 15 heavy (non-hydrogen) atoms. The molecule has 88 valence electrons. The smallest absolute Gasteiger partial charge is 0.154 e. The normalized spacial score (nSPS) is 36.9. The van der Waals surface area contributed by atoms with Crippen LogP contribution in [0.2, 0.25) is 0 Å². The van der Waals surface area contributed by atoms with Crippen LogP contribution >= 0.6 is 0 Å². The summed E-state index contributed by atoms with van der Waals surface area (Å²) in [5.74, 6) is -0.0385. The summed E-state index contributed by atoms with van der Waals surface area (Å²) in [6.07, 6.45) is 2.77. The van der Waals surface area contributed by atoms with E-state index in [-0.39, 0.29) is 17.5 Å². The number of sulfone groups is 1. The van der Waals surface area contributed by atoms with Crippen LogP contribution < -0.4 is 5.43 Å². The van der Waals surface area contributed by atoms with Crippen LogP contribution in [0.4, 0.5) is 0 Å². The van der Waals surface area contributed by atoms with E-state index in [2.05, 4.69) is 5.43 Å².